The highest BCUT2D eigenvalue weighted by atomic mass is 32.2. The predicted molar refractivity (Wildman–Crippen MR) is 79.3 cm³/mol. The van der Waals surface area contributed by atoms with E-state index in [0.717, 1.165) is 16.1 Å². The molecule has 2 aromatic heterocycles. The van der Waals surface area contributed by atoms with Gasteiger partial charge in [0.2, 0.25) is 0 Å². The van der Waals surface area contributed by atoms with Crippen LogP contribution in [-0.4, -0.2) is 16.1 Å². The van der Waals surface area contributed by atoms with Crippen molar-refractivity contribution in [2.24, 2.45) is 0 Å². The van der Waals surface area contributed by atoms with Crippen LogP contribution in [0, 0.1) is 25.2 Å². The molecule has 4 nitrogen and oxygen atoms in total. The Morgan fingerprint density at radius 2 is 2.25 bits per heavy atom. The van der Waals surface area contributed by atoms with Gasteiger partial charge in [0.1, 0.15) is 16.0 Å². The summed E-state index contributed by atoms with van der Waals surface area (Å²) in [4.78, 5) is 16.5. The van der Waals surface area contributed by atoms with Gasteiger partial charge in [0.05, 0.1) is 5.56 Å². The Balaban J connectivity index is 2.18. The molecule has 20 heavy (non-hydrogen) atoms. The molecule has 0 aliphatic heterocycles. The Hall–Kier alpha value is -1.84. The number of carbonyl (C=O) groups is 1. The van der Waals surface area contributed by atoms with Gasteiger partial charge in [0.15, 0.2) is 0 Å². The second-order valence-electron chi connectivity index (χ2n) is 4.23. The van der Waals surface area contributed by atoms with Crippen LogP contribution in [0.4, 0.5) is 0 Å². The Bertz CT molecular complexity index is 702. The average molecular weight is 304 g/mol. The number of nitrogens with zero attached hydrogens (tertiary/aromatic N) is 2. The Kier molecular flexibility index (Phi) is 4.42. The highest BCUT2D eigenvalue weighted by Crippen LogP contribution is 2.29. The van der Waals surface area contributed by atoms with Crippen molar-refractivity contribution in [3.05, 3.63) is 44.8 Å². The van der Waals surface area contributed by atoms with E-state index in [9.17, 15) is 10.1 Å². The lowest BCUT2D eigenvalue weighted by Gasteiger charge is -2.06. The standard InChI is InChI=1S/C14H12N2O2S2/c1-8-5-9(2)16-13(11(8)6-15)19-7-10-3-4-12(20-10)14(17)18/h3-5H,7H2,1-2H3,(H,17,18). The van der Waals surface area contributed by atoms with Crippen LogP contribution in [0.1, 0.15) is 31.4 Å². The number of rotatable bonds is 4. The van der Waals surface area contributed by atoms with Gasteiger partial charge in [-0.25, -0.2) is 9.78 Å². The van der Waals surface area contributed by atoms with E-state index in [-0.39, 0.29) is 0 Å². The Labute approximate surface area is 125 Å². The largest absolute Gasteiger partial charge is 0.477 e. The first-order valence-corrected chi connectivity index (χ1v) is 7.64. The van der Waals surface area contributed by atoms with Crippen molar-refractivity contribution in [2.45, 2.75) is 24.6 Å². The number of pyridine rings is 1. The van der Waals surface area contributed by atoms with Crippen molar-refractivity contribution in [1.29, 1.82) is 5.26 Å². The smallest absolute Gasteiger partial charge is 0.345 e. The predicted octanol–water partition coefficient (Wildman–Crippen LogP) is 3.62. The number of aryl methyl sites for hydroxylation is 2. The number of hydrogen-bond donors (Lipinski definition) is 1. The highest BCUT2D eigenvalue weighted by molar-refractivity contribution is 7.98. The lowest BCUT2D eigenvalue weighted by Crippen LogP contribution is -1.94. The molecule has 102 valence electrons. The number of nitriles is 1. The second-order valence-corrected chi connectivity index (χ2v) is 6.36. The van der Waals surface area contributed by atoms with Crippen molar-refractivity contribution in [2.75, 3.05) is 0 Å². The number of thiophene rings is 1. The van der Waals surface area contributed by atoms with Crippen molar-refractivity contribution in [3.8, 4) is 6.07 Å². The summed E-state index contributed by atoms with van der Waals surface area (Å²) in [6.07, 6.45) is 0. The maximum atomic E-state index is 10.8. The van der Waals surface area contributed by atoms with Crippen LogP contribution in [-0.2, 0) is 5.75 Å². The topological polar surface area (TPSA) is 74.0 Å². The quantitative estimate of drug-likeness (QED) is 0.873. The van der Waals surface area contributed by atoms with E-state index in [1.807, 2.05) is 19.9 Å². The van der Waals surface area contributed by atoms with Gasteiger partial charge in [0, 0.05) is 16.3 Å². The van der Waals surface area contributed by atoms with Crippen LogP contribution < -0.4 is 0 Å². The molecule has 2 aromatic rings. The van der Waals surface area contributed by atoms with Gasteiger partial charge in [-0.15, -0.1) is 11.3 Å². The van der Waals surface area contributed by atoms with Gasteiger partial charge < -0.3 is 5.11 Å². The van der Waals surface area contributed by atoms with E-state index in [4.69, 9.17) is 5.11 Å². The van der Waals surface area contributed by atoms with Gasteiger partial charge in [-0.1, -0.05) is 11.8 Å². The van der Waals surface area contributed by atoms with Crippen LogP contribution in [0.2, 0.25) is 0 Å². The number of aromatic carboxylic acids is 1. The third kappa shape index (κ3) is 3.18. The van der Waals surface area contributed by atoms with Crippen molar-refractivity contribution in [1.82, 2.24) is 4.98 Å². The third-order valence-electron chi connectivity index (χ3n) is 2.65. The summed E-state index contributed by atoms with van der Waals surface area (Å²) >= 11 is 2.71. The normalized spacial score (nSPS) is 10.2. The fourth-order valence-corrected chi connectivity index (χ4v) is 3.74. The molecule has 1 N–H and O–H groups in total. The zero-order valence-electron chi connectivity index (χ0n) is 11.0. The van der Waals surface area contributed by atoms with Crippen molar-refractivity contribution >= 4 is 29.1 Å². The van der Waals surface area contributed by atoms with E-state index in [2.05, 4.69) is 11.1 Å². The number of thioether (sulfide) groups is 1. The van der Waals surface area contributed by atoms with Crippen LogP contribution in [0.5, 0.6) is 0 Å². The van der Waals surface area contributed by atoms with E-state index in [0.29, 0.717) is 21.2 Å². The van der Waals surface area contributed by atoms with Crippen LogP contribution in [0.15, 0.2) is 23.2 Å². The zero-order valence-corrected chi connectivity index (χ0v) is 12.6. The summed E-state index contributed by atoms with van der Waals surface area (Å²) in [5.41, 5.74) is 2.39. The maximum absolute atomic E-state index is 10.8. The number of carboxylic acids is 1. The lowest BCUT2D eigenvalue weighted by atomic mass is 10.1. The summed E-state index contributed by atoms with van der Waals surface area (Å²) in [7, 11) is 0. The molecular formula is C14H12N2O2S2. The molecule has 6 heteroatoms. The summed E-state index contributed by atoms with van der Waals surface area (Å²) in [6, 6.07) is 7.46. The van der Waals surface area contributed by atoms with Gasteiger partial charge in [0.25, 0.3) is 0 Å². The molecule has 2 rings (SSSR count). The first-order chi connectivity index (χ1) is 9.51. The van der Waals surface area contributed by atoms with Crippen LogP contribution >= 0.6 is 23.1 Å². The summed E-state index contributed by atoms with van der Waals surface area (Å²) in [6.45, 7) is 3.79. The monoisotopic (exact) mass is 304 g/mol. The van der Waals surface area contributed by atoms with E-state index >= 15 is 0 Å². The molecule has 0 fully saturated rings. The SMILES string of the molecule is Cc1cc(C)c(C#N)c(SCc2ccc(C(=O)O)s2)n1. The fraction of sp³-hybridized carbons (Fsp3) is 0.214. The van der Waals surface area contributed by atoms with Crippen LogP contribution in [0.3, 0.4) is 0 Å². The van der Waals surface area contributed by atoms with E-state index in [1.54, 1.807) is 12.1 Å². The Morgan fingerprint density at radius 3 is 2.85 bits per heavy atom. The molecule has 2 heterocycles. The summed E-state index contributed by atoms with van der Waals surface area (Å²) in [5, 5.41) is 18.8. The zero-order chi connectivity index (χ0) is 14.7. The number of carboxylic acid groups (broad SMARTS) is 1. The molecular weight excluding hydrogens is 292 g/mol. The van der Waals surface area contributed by atoms with Crippen molar-refractivity contribution in [3.63, 3.8) is 0 Å². The molecule has 0 spiro atoms. The minimum absolute atomic E-state index is 0.328. The molecule has 0 bridgehead atoms. The highest BCUT2D eigenvalue weighted by Gasteiger charge is 2.11. The molecule has 0 amide bonds. The first kappa shape index (κ1) is 14.6. The Morgan fingerprint density at radius 1 is 1.50 bits per heavy atom. The van der Waals surface area contributed by atoms with Gasteiger partial charge in [-0.3, -0.25) is 0 Å². The fourth-order valence-electron chi connectivity index (χ4n) is 1.75. The molecule has 0 atom stereocenters. The third-order valence-corrected chi connectivity index (χ3v) is 4.93. The summed E-state index contributed by atoms with van der Waals surface area (Å²) < 4.78 is 0. The van der Waals surface area contributed by atoms with Gasteiger partial charge in [-0.2, -0.15) is 5.26 Å². The minimum Gasteiger partial charge on any atom is -0.477 e. The van der Waals surface area contributed by atoms with E-state index < -0.39 is 5.97 Å². The average Bonchev–Trinajstić information content (AvgIpc) is 2.84. The molecule has 0 unspecified atom stereocenters. The molecule has 0 aromatic carbocycles. The number of aromatic nitrogens is 1. The minimum atomic E-state index is -0.909. The first-order valence-electron chi connectivity index (χ1n) is 5.84. The molecule has 0 aliphatic carbocycles. The molecule has 0 aliphatic rings. The van der Waals surface area contributed by atoms with Crippen LogP contribution in [0.25, 0.3) is 0 Å². The number of hydrogen-bond acceptors (Lipinski definition) is 5. The molecule has 0 saturated heterocycles. The second kappa shape index (κ2) is 6.07. The molecule has 0 saturated carbocycles. The maximum Gasteiger partial charge on any atom is 0.345 e. The van der Waals surface area contributed by atoms with Gasteiger partial charge in [-0.05, 0) is 37.6 Å². The lowest BCUT2D eigenvalue weighted by molar-refractivity contribution is 0.0702. The summed E-state index contributed by atoms with van der Waals surface area (Å²) in [5.74, 6) is -0.295. The van der Waals surface area contributed by atoms with Crippen molar-refractivity contribution < 1.29 is 9.90 Å². The van der Waals surface area contributed by atoms with Gasteiger partial charge >= 0.3 is 5.97 Å². The van der Waals surface area contributed by atoms with E-state index in [1.165, 1.54) is 23.1 Å². The molecule has 0 radical (unpaired) electrons.